The van der Waals surface area contributed by atoms with Gasteiger partial charge in [-0.05, 0) is 46.2 Å². The lowest BCUT2D eigenvalue weighted by molar-refractivity contribution is 0.128. The van der Waals surface area contributed by atoms with Gasteiger partial charge in [0.25, 0.3) is 0 Å². The fourth-order valence-corrected chi connectivity index (χ4v) is 3.43. The van der Waals surface area contributed by atoms with Crippen molar-refractivity contribution in [2.45, 2.75) is 59.0 Å². The molecular formula is C15H24BrNO. The van der Waals surface area contributed by atoms with E-state index in [-0.39, 0.29) is 0 Å². The smallest absolute Gasteiger partial charge is 0.131 e. The molecule has 0 aliphatic heterocycles. The number of nitrogens with one attached hydrogen (secondary N) is 1. The molecule has 2 atom stereocenters. The Morgan fingerprint density at radius 2 is 2.06 bits per heavy atom. The fraction of sp³-hybridized carbons (Fsp3) is 0.733. The van der Waals surface area contributed by atoms with E-state index < -0.39 is 0 Å². The normalized spacial score (nSPS) is 25.3. The van der Waals surface area contributed by atoms with Crippen LogP contribution >= 0.6 is 15.9 Å². The summed E-state index contributed by atoms with van der Waals surface area (Å²) < 4.78 is 6.53. The molecule has 0 saturated heterocycles. The first kappa shape index (κ1) is 14.1. The molecule has 1 aromatic heterocycles. The topological polar surface area (TPSA) is 25.2 Å². The Hall–Kier alpha value is -0.280. The minimum atomic E-state index is 0.387. The van der Waals surface area contributed by atoms with E-state index in [1.54, 1.807) is 6.26 Å². The van der Waals surface area contributed by atoms with Gasteiger partial charge in [-0.3, -0.25) is 0 Å². The molecule has 1 aromatic rings. The van der Waals surface area contributed by atoms with Crippen molar-refractivity contribution in [3.63, 3.8) is 0 Å². The molecule has 2 nitrogen and oxygen atoms in total. The van der Waals surface area contributed by atoms with Crippen LogP contribution in [0.3, 0.4) is 0 Å². The van der Waals surface area contributed by atoms with Crippen LogP contribution in [0.1, 0.15) is 52.2 Å². The van der Waals surface area contributed by atoms with E-state index in [1.165, 1.54) is 25.7 Å². The van der Waals surface area contributed by atoms with E-state index in [1.807, 2.05) is 6.07 Å². The Kier molecular flexibility index (Phi) is 4.54. The Labute approximate surface area is 119 Å². The molecule has 0 radical (unpaired) electrons. The molecule has 102 valence electrons. The summed E-state index contributed by atoms with van der Waals surface area (Å²) in [6.07, 6.45) is 7.11. The van der Waals surface area contributed by atoms with Gasteiger partial charge in [0.15, 0.2) is 0 Å². The number of furan rings is 1. The molecule has 1 saturated carbocycles. The third-order valence-electron chi connectivity index (χ3n) is 4.09. The molecule has 1 aliphatic rings. The lowest BCUT2D eigenvalue weighted by Crippen LogP contribution is -2.43. The molecule has 1 heterocycles. The minimum absolute atomic E-state index is 0.387. The molecule has 2 rings (SSSR count). The van der Waals surface area contributed by atoms with E-state index in [2.05, 4.69) is 42.0 Å². The summed E-state index contributed by atoms with van der Waals surface area (Å²) in [5, 5.41) is 3.70. The van der Waals surface area contributed by atoms with Gasteiger partial charge in [0.05, 0.1) is 17.3 Å². The maximum absolute atomic E-state index is 5.47. The third-order valence-corrected chi connectivity index (χ3v) is 4.80. The highest BCUT2D eigenvalue weighted by Crippen LogP contribution is 2.38. The summed E-state index contributed by atoms with van der Waals surface area (Å²) in [5.74, 6) is 1.77. The largest absolute Gasteiger partial charge is 0.467 e. The van der Waals surface area contributed by atoms with Crippen molar-refractivity contribution < 1.29 is 4.42 Å². The molecule has 0 spiro atoms. The summed E-state index contributed by atoms with van der Waals surface area (Å²) in [4.78, 5) is 0. The average molecular weight is 314 g/mol. The SMILES string of the molecule is CC(C)(C)C1CCCCC1NCc1occc1Br. The Morgan fingerprint density at radius 1 is 1.33 bits per heavy atom. The monoisotopic (exact) mass is 313 g/mol. The second-order valence-corrected chi connectivity index (χ2v) is 7.29. The lowest BCUT2D eigenvalue weighted by Gasteiger charge is -2.41. The van der Waals surface area contributed by atoms with E-state index in [4.69, 9.17) is 4.42 Å². The Bertz CT molecular complexity index is 380. The van der Waals surface area contributed by atoms with Gasteiger partial charge in [-0.1, -0.05) is 33.6 Å². The number of rotatable bonds is 3. The molecular weight excluding hydrogens is 290 g/mol. The zero-order valence-corrected chi connectivity index (χ0v) is 13.2. The van der Waals surface area contributed by atoms with Gasteiger partial charge in [0.1, 0.15) is 5.76 Å². The molecule has 1 aliphatic carbocycles. The van der Waals surface area contributed by atoms with Gasteiger partial charge in [-0.15, -0.1) is 0 Å². The summed E-state index contributed by atoms with van der Waals surface area (Å²) in [5.41, 5.74) is 0.387. The standard InChI is InChI=1S/C15H24BrNO/c1-15(2,3)11-6-4-5-7-13(11)17-10-14-12(16)8-9-18-14/h8-9,11,13,17H,4-7,10H2,1-3H3. The number of hydrogen-bond donors (Lipinski definition) is 1. The van der Waals surface area contributed by atoms with E-state index in [0.29, 0.717) is 11.5 Å². The molecule has 1 N–H and O–H groups in total. The van der Waals surface area contributed by atoms with Gasteiger partial charge in [-0.2, -0.15) is 0 Å². The van der Waals surface area contributed by atoms with Crippen LogP contribution in [0.25, 0.3) is 0 Å². The van der Waals surface area contributed by atoms with Crippen molar-refractivity contribution in [3.05, 3.63) is 22.6 Å². The van der Waals surface area contributed by atoms with Crippen molar-refractivity contribution >= 4 is 15.9 Å². The average Bonchev–Trinajstić information content (AvgIpc) is 2.71. The second kappa shape index (κ2) is 5.79. The predicted molar refractivity (Wildman–Crippen MR) is 78.4 cm³/mol. The van der Waals surface area contributed by atoms with Crippen LogP contribution in [0.15, 0.2) is 21.2 Å². The fourth-order valence-electron chi connectivity index (χ4n) is 3.09. The molecule has 0 aromatic carbocycles. The van der Waals surface area contributed by atoms with Crippen LogP contribution in [0.4, 0.5) is 0 Å². The van der Waals surface area contributed by atoms with Crippen molar-refractivity contribution in [1.29, 1.82) is 0 Å². The van der Waals surface area contributed by atoms with Gasteiger partial charge < -0.3 is 9.73 Å². The van der Waals surface area contributed by atoms with Crippen LogP contribution in [0.2, 0.25) is 0 Å². The van der Waals surface area contributed by atoms with Crippen molar-refractivity contribution in [3.8, 4) is 0 Å². The molecule has 0 bridgehead atoms. The molecule has 2 unspecified atom stereocenters. The van der Waals surface area contributed by atoms with Gasteiger partial charge in [0, 0.05) is 6.04 Å². The zero-order chi connectivity index (χ0) is 13.2. The van der Waals surface area contributed by atoms with Crippen LogP contribution in [-0.2, 0) is 6.54 Å². The summed E-state index contributed by atoms with van der Waals surface area (Å²) in [6, 6.07) is 2.58. The maximum atomic E-state index is 5.47. The van der Waals surface area contributed by atoms with E-state index >= 15 is 0 Å². The summed E-state index contributed by atoms with van der Waals surface area (Å²) in [6.45, 7) is 7.91. The van der Waals surface area contributed by atoms with Crippen LogP contribution < -0.4 is 5.32 Å². The Balaban J connectivity index is 1.96. The quantitative estimate of drug-likeness (QED) is 0.872. The van der Waals surface area contributed by atoms with Crippen LogP contribution in [0.5, 0.6) is 0 Å². The second-order valence-electron chi connectivity index (χ2n) is 6.44. The third kappa shape index (κ3) is 3.39. The highest BCUT2D eigenvalue weighted by molar-refractivity contribution is 9.10. The lowest BCUT2D eigenvalue weighted by atomic mass is 9.69. The number of halogens is 1. The highest BCUT2D eigenvalue weighted by Gasteiger charge is 2.33. The summed E-state index contributed by atoms with van der Waals surface area (Å²) in [7, 11) is 0. The van der Waals surface area contributed by atoms with Crippen molar-refractivity contribution in [2.75, 3.05) is 0 Å². The van der Waals surface area contributed by atoms with Gasteiger partial charge in [-0.25, -0.2) is 0 Å². The Morgan fingerprint density at radius 3 is 2.67 bits per heavy atom. The van der Waals surface area contributed by atoms with Crippen molar-refractivity contribution in [2.24, 2.45) is 11.3 Å². The maximum Gasteiger partial charge on any atom is 0.131 e. The number of hydrogen-bond acceptors (Lipinski definition) is 2. The van der Waals surface area contributed by atoms with E-state index in [0.717, 1.165) is 22.7 Å². The minimum Gasteiger partial charge on any atom is -0.467 e. The highest BCUT2D eigenvalue weighted by atomic mass is 79.9. The van der Waals surface area contributed by atoms with Gasteiger partial charge in [0.2, 0.25) is 0 Å². The molecule has 0 amide bonds. The predicted octanol–water partition coefficient (Wildman–Crippen LogP) is 4.74. The van der Waals surface area contributed by atoms with Crippen LogP contribution in [0, 0.1) is 11.3 Å². The molecule has 18 heavy (non-hydrogen) atoms. The van der Waals surface area contributed by atoms with Crippen LogP contribution in [-0.4, -0.2) is 6.04 Å². The van der Waals surface area contributed by atoms with E-state index in [9.17, 15) is 0 Å². The first-order valence-electron chi connectivity index (χ1n) is 6.94. The molecule has 3 heteroatoms. The first-order valence-corrected chi connectivity index (χ1v) is 7.73. The van der Waals surface area contributed by atoms with Gasteiger partial charge >= 0.3 is 0 Å². The molecule has 1 fully saturated rings. The van der Waals surface area contributed by atoms with Crippen molar-refractivity contribution in [1.82, 2.24) is 5.32 Å². The first-order chi connectivity index (χ1) is 8.48. The summed E-state index contributed by atoms with van der Waals surface area (Å²) >= 11 is 3.51. The zero-order valence-electron chi connectivity index (χ0n) is 11.6.